The van der Waals surface area contributed by atoms with Gasteiger partial charge < -0.3 is 0 Å². The van der Waals surface area contributed by atoms with Gasteiger partial charge in [-0.25, -0.2) is 0 Å². The number of rotatable bonds is 3. The molecule has 72 valence electrons. The molecule has 0 aliphatic carbocycles. The molecule has 1 rings (SSSR count). The van der Waals surface area contributed by atoms with Crippen molar-refractivity contribution in [3.05, 3.63) is 33.8 Å². The molecule has 0 aliphatic rings. The molecule has 1 aromatic rings. The van der Waals surface area contributed by atoms with E-state index in [2.05, 4.69) is 53.4 Å². The molecular weight excluding hydrogens is 228 g/mol. The summed E-state index contributed by atoms with van der Waals surface area (Å²) in [5.41, 5.74) is 5.28. The van der Waals surface area contributed by atoms with Crippen molar-refractivity contribution in [3.63, 3.8) is 0 Å². The van der Waals surface area contributed by atoms with Crippen LogP contribution in [0.4, 0.5) is 0 Å². The molecule has 0 spiro atoms. The van der Waals surface area contributed by atoms with Crippen LogP contribution in [0, 0.1) is 6.92 Å². The number of aryl methyl sites for hydroxylation is 1. The second-order valence-electron chi connectivity index (χ2n) is 3.14. The number of benzene rings is 1. The largest absolute Gasteiger partial charge is 0.271 e. The topological polar surface area (TPSA) is 38.0 Å². The van der Waals surface area contributed by atoms with Gasteiger partial charge in [-0.15, -0.1) is 0 Å². The molecule has 3 heteroatoms. The summed E-state index contributed by atoms with van der Waals surface area (Å²) in [4.78, 5) is 0. The fourth-order valence-corrected chi connectivity index (χ4v) is 1.58. The molecule has 0 amide bonds. The molecular formula is C10H15BrN2. The lowest BCUT2D eigenvalue weighted by Crippen LogP contribution is -2.27. The summed E-state index contributed by atoms with van der Waals surface area (Å²) < 4.78 is 1.14. The number of halogens is 1. The van der Waals surface area contributed by atoms with E-state index in [4.69, 9.17) is 5.84 Å². The minimum atomic E-state index is 0.256. The zero-order chi connectivity index (χ0) is 9.84. The second kappa shape index (κ2) is 4.74. The Balaban J connectivity index is 2.95. The SMILES string of the molecule is CCC(NN)c1ccc(Br)c(C)c1. The summed E-state index contributed by atoms with van der Waals surface area (Å²) in [5.74, 6) is 5.44. The van der Waals surface area contributed by atoms with Crippen LogP contribution in [0.1, 0.15) is 30.5 Å². The molecule has 2 nitrogen and oxygen atoms in total. The molecule has 0 saturated heterocycles. The van der Waals surface area contributed by atoms with Gasteiger partial charge in [-0.3, -0.25) is 11.3 Å². The lowest BCUT2D eigenvalue weighted by molar-refractivity contribution is 0.539. The van der Waals surface area contributed by atoms with Crippen LogP contribution >= 0.6 is 15.9 Å². The molecule has 13 heavy (non-hydrogen) atoms. The normalized spacial score (nSPS) is 12.9. The number of hydrogen-bond donors (Lipinski definition) is 2. The Bertz CT molecular complexity index is 282. The van der Waals surface area contributed by atoms with E-state index in [-0.39, 0.29) is 6.04 Å². The van der Waals surface area contributed by atoms with Crippen LogP contribution < -0.4 is 11.3 Å². The summed E-state index contributed by atoms with van der Waals surface area (Å²) in [7, 11) is 0. The summed E-state index contributed by atoms with van der Waals surface area (Å²) in [5, 5.41) is 0. The van der Waals surface area contributed by atoms with Crippen molar-refractivity contribution >= 4 is 15.9 Å². The Kier molecular flexibility index (Phi) is 3.90. The highest BCUT2D eigenvalue weighted by atomic mass is 79.9. The third kappa shape index (κ3) is 2.53. The molecule has 0 saturated carbocycles. The molecule has 0 aromatic heterocycles. The quantitative estimate of drug-likeness (QED) is 0.632. The first-order chi connectivity index (χ1) is 6.19. The van der Waals surface area contributed by atoms with E-state index in [9.17, 15) is 0 Å². The molecule has 1 atom stereocenters. The number of nitrogens with one attached hydrogen (secondary N) is 1. The van der Waals surface area contributed by atoms with Crippen molar-refractivity contribution in [2.75, 3.05) is 0 Å². The van der Waals surface area contributed by atoms with Gasteiger partial charge in [-0.1, -0.05) is 35.0 Å². The zero-order valence-electron chi connectivity index (χ0n) is 7.97. The smallest absolute Gasteiger partial charge is 0.0457 e. The lowest BCUT2D eigenvalue weighted by atomic mass is 10.0. The fourth-order valence-electron chi connectivity index (χ4n) is 1.33. The Morgan fingerprint density at radius 3 is 2.69 bits per heavy atom. The van der Waals surface area contributed by atoms with Crippen LogP contribution in [0.15, 0.2) is 22.7 Å². The first-order valence-corrected chi connectivity index (χ1v) is 5.20. The van der Waals surface area contributed by atoms with Crippen molar-refractivity contribution in [3.8, 4) is 0 Å². The number of nitrogens with two attached hydrogens (primary N) is 1. The van der Waals surface area contributed by atoms with E-state index < -0.39 is 0 Å². The molecule has 1 unspecified atom stereocenters. The van der Waals surface area contributed by atoms with Crippen molar-refractivity contribution in [1.29, 1.82) is 0 Å². The predicted molar refractivity (Wildman–Crippen MR) is 59.2 cm³/mol. The molecule has 1 aromatic carbocycles. The summed E-state index contributed by atoms with van der Waals surface area (Å²) >= 11 is 3.47. The highest BCUT2D eigenvalue weighted by Gasteiger charge is 2.07. The van der Waals surface area contributed by atoms with Gasteiger partial charge in [0.15, 0.2) is 0 Å². The molecule has 0 fully saturated rings. The first-order valence-electron chi connectivity index (χ1n) is 4.41. The van der Waals surface area contributed by atoms with Gasteiger partial charge in [0.25, 0.3) is 0 Å². The zero-order valence-corrected chi connectivity index (χ0v) is 9.56. The fraction of sp³-hybridized carbons (Fsp3) is 0.400. The van der Waals surface area contributed by atoms with Crippen LogP contribution in [0.25, 0.3) is 0 Å². The third-order valence-corrected chi connectivity index (χ3v) is 3.08. The van der Waals surface area contributed by atoms with Crippen LogP contribution in [0.3, 0.4) is 0 Å². The maximum atomic E-state index is 5.44. The summed E-state index contributed by atoms with van der Waals surface area (Å²) in [6.07, 6.45) is 0.998. The van der Waals surface area contributed by atoms with Crippen molar-refractivity contribution in [1.82, 2.24) is 5.43 Å². The van der Waals surface area contributed by atoms with Gasteiger partial charge in [0.2, 0.25) is 0 Å². The third-order valence-electron chi connectivity index (χ3n) is 2.19. The van der Waals surface area contributed by atoms with Crippen molar-refractivity contribution in [2.45, 2.75) is 26.3 Å². The Morgan fingerprint density at radius 1 is 1.54 bits per heavy atom. The maximum absolute atomic E-state index is 5.44. The van der Waals surface area contributed by atoms with E-state index in [0.717, 1.165) is 10.9 Å². The van der Waals surface area contributed by atoms with Crippen molar-refractivity contribution in [2.24, 2.45) is 5.84 Å². The maximum Gasteiger partial charge on any atom is 0.0457 e. The van der Waals surface area contributed by atoms with Gasteiger partial charge in [-0.2, -0.15) is 0 Å². The van der Waals surface area contributed by atoms with Gasteiger partial charge in [0.1, 0.15) is 0 Å². The first kappa shape index (κ1) is 10.7. The highest BCUT2D eigenvalue weighted by molar-refractivity contribution is 9.10. The van der Waals surface area contributed by atoms with E-state index in [1.54, 1.807) is 0 Å². The lowest BCUT2D eigenvalue weighted by Gasteiger charge is -2.14. The Labute approximate surface area is 87.6 Å². The van der Waals surface area contributed by atoms with E-state index in [0.29, 0.717) is 0 Å². The van der Waals surface area contributed by atoms with Gasteiger partial charge in [0, 0.05) is 10.5 Å². The minimum Gasteiger partial charge on any atom is -0.271 e. The monoisotopic (exact) mass is 242 g/mol. The highest BCUT2D eigenvalue weighted by Crippen LogP contribution is 2.22. The van der Waals surface area contributed by atoms with Crippen molar-refractivity contribution < 1.29 is 0 Å². The van der Waals surface area contributed by atoms with Gasteiger partial charge in [0.05, 0.1) is 0 Å². The summed E-state index contributed by atoms with van der Waals surface area (Å²) in [6, 6.07) is 6.56. The Morgan fingerprint density at radius 2 is 2.23 bits per heavy atom. The van der Waals surface area contributed by atoms with E-state index >= 15 is 0 Å². The molecule has 0 radical (unpaired) electrons. The van der Waals surface area contributed by atoms with Crippen LogP contribution in [0.5, 0.6) is 0 Å². The van der Waals surface area contributed by atoms with Gasteiger partial charge >= 0.3 is 0 Å². The summed E-state index contributed by atoms with van der Waals surface area (Å²) in [6.45, 7) is 4.19. The Hall–Kier alpha value is -0.380. The molecule has 3 N–H and O–H groups in total. The second-order valence-corrected chi connectivity index (χ2v) is 3.99. The number of hydrogen-bond acceptors (Lipinski definition) is 2. The average molecular weight is 243 g/mol. The molecule has 0 heterocycles. The van der Waals surface area contributed by atoms with Gasteiger partial charge in [-0.05, 0) is 30.5 Å². The van der Waals surface area contributed by atoms with E-state index in [1.165, 1.54) is 11.1 Å². The molecule has 0 aliphatic heterocycles. The molecule has 0 bridgehead atoms. The van der Waals surface area contributed by atoms with Crippen LogP contribution in [0.2, 0.25) is 0 Å². The number of hydrazine groups is 1. The van der Waals surface area contributed by atoms with Crippen LogP contribution in [-0.4, -0.2) is 0 Å². The standard InChI is InChI=1S/C10H15BrN2/c1-3-10(13-12)8-4-5-9(11)7(2)6-8/h4-6,10,13H,3,12H2,1-2H3. The average Bonchev–Trinajstić information content (AvgIpc) is 2.13. The van der Waals surface area contributed by atoms with Crippen LogP contribution in [-0.2, 0) is 0 Å². The minimum absolute atomic E-state index is 0.256. The predicted octanol–water partition coefficient (Wildman–Crippen LogP) is 2.67. The van der Waals surface area contributed by atoms with E-state index in [1.807, 2.05) is 0 Å².